The van der Waals surface area contributed by atoms with E-state index in [2.05, 4.69) is 9.97 Å². The van der Waals surface area contributed by atoms with Gasteiger partial charge >= 0.3 is 0 Å². The van der Waals surface area contributed by atoms with E-state index in [9.17, 15) is 4.79 Å². The van der Waals surface area contributed by atoms with E-state index in [-0.39, 0.29) is 5.56 Å². The van der Waals surface area contributed by atoms with Gasteiger partial charge in [0.2, 0.25) is 0 Å². The first-order valence-corrected chi connectivity index (χ1v) is 5.91. The molecule has 0 radical (unpaired) electrons. The van der Waals surface area contributed by atoms with Gasteiger partial charge in [0, 0.05) is 25.8 Å². The van der Waals surface area contributed by atoms with Crippen LogP contribution in [0, 0.1) is 0 Å². The fourth-order valence-electron chi connectivity index (χ4n) is 1.89. The smallest absolute Gasteiger partial charge is 0.251 e. The fraction of sp³-hybridized carbons (Fsp3) is 0.286. The number of H-pyrrole nitrogens is 1. The summed E-state index contributed by atoms with van der Waals surface area (Å²) in [6, 6.07) is 9.11. The molecule has 19 heavy (non-hydrogen) atoms. The standard InChI is InChI=1S/C14H16N2O3/c1-18-8-10-5-3-4-6-12(10)14-15-11(9-19-2)7-13(17)16-14/h3-7H,8-9H2,1-2H3,(H,15,16,17). The zero-order valence-electron chi connectivity index (χ0n) is 11.0. The van der Waals surface area contributed by atoms with E-state index in [4.69, 9.17) is 9.47 Å². The van der Waals surface area contributed by atoms with E-state index in [1.807, 2.05) is 24.3 Å². The molecular formula is C14H16N2O3. The van der Waals surface area contributed by atoms with Crippen LogP contribution in [0.2, 0.25) is 0 Å². The average Bonchev–Trinajstić information content (AvgIpc) is 2.39. The Balaban J connectivity index is 2.49. The van der Waals surface area contributed by atoms with Crippen LogP contribution in [-0.4, -0.2) is 24.2 Å². The normalized spacial score (nSPS) is 10.6. The first kappa shape index (κ1) is 13.5. The Bertz CT molecular complexity index is 608. The summed E-state index contributed by atoms with van der Waals surface area (Å²) in [5, 5.41) is 0. The van der Waals surface area contributed by atoms with Crippen molar-refractivity contribution < 1.29 is 9.47 Å². The summed E-state index contributed by atoms with van der Waals surface area (Å²) >= 11 is 0. The van der Waals surface area contributed by atoms with Crippen LogP contribution in [0.25, 0.3) is 11.4 Å². The predicted molar refractivity (Wildman–Crippen MR) is 71.7 cm³/mol. The SMILES string of the molecule is COCc1cc(=O)[nH]c(-c2ccccc2COC)n1. The van der Waals surface area contributed by atoms with Crippen molar-refractivity contribution in [1.29, 1.82) is 0 Å². The van der Waals surface area contributed by atoms with Crippen molar-refractivity contribution in [2.45, 2.75) is 13.2 Å². The summed E-state index contributed by atoms with van der Waals surface area (Å²) in [5.74, 6) is 0.534. The highest BCUT2D eigenvalue weighted by Gasteiger charge is 2.08. The molecule has 0 atom stereocenters. The zero-order valence-corrected chi connectivity index (χ0v) is 11.0. The number of hydrogen-bond acceptors (Lipinski definition) is 4. The van der Waals surface area contributed by atoms with Gasteiger partial charge in [0.05, 0.1) is 18.9 Å². The molecule has 1 aromatic heterocycles. The van der Waals surface area contributed by atoms with Gasteiger partial charge in [-0.15, -0.1) is 0 Å². The van der Waals surface area contributed by atoms with Crippen LogP contribution in [0.4, 0.5) is 0 Å². The highest BCUT2D eigenvalue weighted by atomic mass is 16.5. The largest absolute Gasteiger partial charge is 0.380 e. The minimum Gasteiger partial charge on any atom is -0.380 e. The molecular weight excluding hydrogens is 244 g/mol. The molecule has 0 saturated carbocycles. The van der Waals surface area contributed by atoms with Crippen LogP contribution in [0.3, 0.4) is 0 Å². The Morgan fingerprint density at radius 3 is 2.63 bits per heavy atom. The van der Waals surface area contributed by atoms with Gasteiger partial charge in [0.25, 0.3) is 5.56 Å². The lowest BCUT2D eigenvalue weighted by atomic mass is 10.1. The van der Waals surface area contributed by atoms with Crippen LogP contribution in [0.1, 0.15) is 11.3 Å². The van der Waals surface area contributed by atoms with Crippen molar-refractivity contribution in [3.05, 3.63) is 51.9 Å². The van der Waals surface area contributed by atoms with Crippen LogP contribution >= 0.6 is 0 Å². The van der Waals surface area contributed by atoms with Crippen molar-refractivity contribution in [1.82, 2.24) is 9.97 Å². The van der Waals surface area contributed by atoms with Gasteiger partial charge in [-0.25, -0.2) is 4.98 Å². The Labute approximate surface area is 111 Å². The lowest BCUT2D eigenvalue weighted by Gasteiger charge is -2.09. The Morgan fingerprint density at radius 1 is 1.16 bits per heavy atom. The topological polar surface area (TPSA) is 64.2 Å². The van der Waals surface area contributed by atoms with Crippen LogP contribution in [-0.2, 0) is 22.7 Å². The van der Waals surface area contributed by atoms with Gasteiger partial charge in [-0.05, 0) is 5.56 Å². The van der Waals surface area contributed by atoms with Gasteiger partial charge in [-0.2, -0.15) is 0 Å². The maximum Gasteiger partial charge on any atom is 0.251 e. The lowest BCUT2D eigenvalue weighted by molar-refractivity contribution is 0.181. The Kier molecular flexibility index (Phi) is 4.43. The molecule has 1 N–H and O–H groups in total. The van der Waals surface area contributed by atoms with Crippen molar-refractivity contribution in [3.63, 3.8) is 0 Å². The zero-order chi connectivity index (χ0) is 13.7. The summed E-state index contributed by atoms with van der Waals surface area (Å²) < 4.78 is 10.2. The first-order valence-electron chi connectivity index (χ1n) is 5.91. The molecule has 0 aliphatic carbocycles. The van der Waals surface area contributed by atoms with Crippen molar-refractivity contribution in [2.24, 2.45) is 0 Å². The lowest BCUT2D eigenvalue weighted by Crippen LogP contribution is -2.11. The molecule has 0 aliphatic heterocycles. The van der Waals surface area contributed by atoms with Gasteiger partial charge in [0.15, 0.2) is 0 Å². The predicted octanol–water partition coefficient (Wildman–Crippen LogP) is 1.73. The third-order valence-corrected chi connectivity index (χ3v) is 2.66. The molecule has 0 spiro atoms. The van der Waals surface area contributed by atoms with E-state index in [1.165, 1.54) is 6.07 Å². The van der Waals surface area contributed by atoms with E-state index in [1.54, 1.807) is 14.2 Å². The second-order valence-corrected chi connectivity index (χ2v) is 4.11. The number of aromatic nitrogens is 2. The van der Waals surface area contributed by atoms with E-state index >= 15 is 0 Å². The number of nitrogens with zero attached hydrogens (tertiary/aromatic N) is 1. The molecule has 2 aromatic rings. The molecule has 5 nitrogen and oxygen atoms in total. The third-order valence-electron chi connectivity index (χ3n) is 2.66. The Hall–Kier alpha value is -1.98. The molecule has 2 rings (SSSR count). The second-order valence-electron chi connectivity index (χ2n) is 4.11. The minimum absolute atomic E-state index is 0.190. The molecule has 0 aliphatic rings. The number of aromatic amines is 1. The molecule has 100 valence electrons. The summed E-state index contributed by atoms with van der Waals surface area (Å²) in [4.78, 5) is 18.8. The van der Waals surface area contributed by atoms with Gasteiger partial charge in [0.1, 0.15) is 5.82 Å². The summed E-state index contributed by atoms with van der Waals surface area (Å²) in [7, 11) is 3.20. The molecule has 0 bridgehead atoms. The first-order chi connectivity index (χ1) is 9.24. The highest BCUT2D eigenvalue weighted by molar-refractivity contribution is 5.59. The molecule has 0 amide bonds. The van der Waals surface area contributed by atoms with Crippen molar-refractivity contribution in [2.75, 3.05) is 14.2 Å². The molecule has 1 aromatic carbocycles. The fourth-order valence-corrected chi connectivity index (χ4v) is 1.89. The van der Waals surface area contributed by atoms with Gasteiger partial charge in [-0.3, -0.25) is 4.79 Å². The minimum atomic E-state index is -0.190. The van der Waals surface area contributed by atoms with E-state index in [0.717, 1.165) is 11.1 Å². The van der Waals surface area contributed by atoms with Crippen molar-refractivity contribution >= 4 is 0 Å². The molecule has 0 unspecified atom stereocenters. The maximum atomic E-state index is 11.6. The molecule has 5 heteroatoms. The highest BCUT2D eigenvalue weighted by Crippen LogP contribution is 2.20. The maximum absolute atomic E-state index is 11.6. The van der Waals surface area contributed by atoms with Crippen LogP contribution in [0.5, 0.6) is 0 Å². The average molecular weight is 260 g/mol. The third kappa shape index (κ3) is 3.27. The second kappa shape index (κ2) is 6.26. The number of rotatable bonds is 5. The summed E-state index contributed by atoms with van der Waals surface area (Å²) in [5.41, 5.74) is 2.25. The molecule has 1 heterocycles. The molecule has 0 fully saturated rings. The van der Waals surface area contributed by atoms with Crippen LogP contribution < -0.4 is 5.56 Å². The number of benzene rings is 1. The van der Waals surface area contributed by atoms with Crippen LogP contribution in [0.15, 0.2) is 35.1 Å². The molecule has 0 saturated heterocycles. The number of hydrogen-bond donors (Lipinski definition) is 1. The van der Waals surface area contributed by atoms with E-state index in [0.29, 0.717) is 24.7 Å². The summed E-state index contributed by atoms with van der Waals surface area (Å²) in [6.07, 6.45) is 0. The number of methoxy groups -OCH3 is 2. The van der Waals surface area contributed by atoms with E-state index < -0.39 is 0 Å². The number of nitrogens with one attached hydrogen (secondary N) is 1. The Morgan fingerprint density at radius 2 is 1.89 bits per heavy atom. The monoisotopic (exact) mass is 260 g/mol. The van der Waals surface area contributed by atoms with Crippen molar-refractivity contribution in [3.8, 4) is 11.4 Å². The quantitative estimate of drug-likeness (QED) is 0.889. The van der Waals surface area contributed by atoms with Gasteiger partial charge < -0.3 is 14.5 Å². The van der Waals surface area contributed by atoms with Gasteiger partial charge in [-0.1, -0.05) is 24.3 Å². The summed E-state index contributed by atoms with van der Waals surface area (Å²) in [6.45, 7) is 0.776. The number of ether oxygens (including phenoxy) is 2.